The van der Waals surface area contributed by atoms with Crippen molar-refractivity contribution < 1.29 is 19.1 Å². The zero-order chi connectivity index (χ0) is 20.8. The molecule has 0 saturated carbocycles. The molecule has 1 unspecified atom stereocenters. The lowest BCUT2D eigenvalue weighted by Gasteiger charge is -2.16. The second-order valence-corrected chi connectivity index (χ2v) is 6.63. The number of anilines is 1. The first-order chi connectivity index (χ1) is 13.3. The predicted molar refractivity (Wildman–Crippen MR) is 108 cm³/mol. The molecular weight excluding hydrogens is 405 g/mol. The lowest BCUT2D eigenvalue weighted by molar-refractivity contribution is -0.126. The minimum atomic E-state index is -1.33. The van der Waals surface area contributed by atoms with Crippen LogP contribution in [0, 0.1) is 6.92 Å². The van der Waals surface area contributed by atoms with Crippen molar-refractivity contribution in [2.45, 2.75) is 19.9 Å². The van der Waals surface area contributed by atoms with Gasteiger partial charge in [-0.3, -0.25) is 9.59 Å². The van der Waals surface area contributed by atoms with Crippen LogP contribution in [-0.4, -0.2) is 32.0 Å². The van der Waals surface area contributed by atoms with Gasteiger partial charge in [0, 0.05) is 5.02 Å². The monoisotopic (exact) mass is 423 g/mol. The molecule has 2 aromatic rings. The van der Waals surface area contributed by atoms with Crippen LogP contribution in [0.25, 0.3) is 0 Å². The molecule has 1 amide bonds. The van der Waals surface area contributed by atoms with Crippen LogP contribution in [0.2, 0.25) is 10.0 Å². The van der Waals surface area contributed by atoms with E-state index in [-0.39, 0.29) is 17.2 Å². The lowest BCUT2D eigenvalue weighted by atomic mass is 10.2. The Balaban J connectivity index is 2.27. The molecule has 148 valence electrons. The standard InChI is InChI=1S/C19H19Cl2N3O4/c1-10-9-12(5-6-13(10)20)23-24-16(11(2)25)19(26)22-15-8-7-14(21)17(27-3)18(15)28-4/h5-9,16H,1-4H3,(H,22,26). The van der Waals surface area contributed by atoms with Gasteiger partial charge in [0.05, 0.1) is 30.6 Å². The molecule has 0 aromatic heterocycles. The first-order valence-electron chi connectivity index (χ1n) is 8.17. The van der Waals surface area contributed by atoms with Crippen molar-refractivity contribution in [3.8, 4) is 11.5 Å². The van der Waals surface area contributed by atoms with E-state index in [9.17, 15) is 9.59 Å². The molecule has 0 bridgehead atoms. The smallest absolute Gasteiger partial charge is 0.258 e. The van der Waals surface area contributed by atoms with Crippen LogP contribution in [-0.2, 0) is 9.59 Å². The van der Waals surface area contributed by atoms with Crippen molar-refractivity contribution in [1.29, 1.82) is 0 Å². The van der Waals surface area contributed by atoms with Crippen LogP contribution in [0.3, 0.4) is 0 Å². The summed E-state index contributed by atoms with van der Waals surface area (Å²) in [6, 6.07) is 6.76. The number of carbonyl (C=O) groups is 2. The molecule has 0 heterocycles. The highest BCUT2D eigenvalue weighted by Gasteiger charge is 2.25. The molecule has 0 radical (unpaired) electrons. The molecule has 0 saturated heterocycles. The van der Waals surface area contributed by atoms with Gasteiger partial charge in [-0.1, -0.05) is 23.2 Å². The van der Waals surface area contributed by atoms with Gasteiger partial charge < -0.3 is 14.8 Å². The van der Waals surface area contributed by atoms with Gasteiger partial charge in [-0.05, 0) is 49.7 Å². The number of ketones is 1. The van der Waals surface area contributed by atoms with Gasteiger partial charge in [0.15, 0.2) is 17.3 Å². The maximum atomic E-state index is 12.6. The van der Waals surface area contributed by atoms with Gasteiger partial charge >= 0.3 is 0 Å². The SMILES string of the molecule is COc1c(Cl)ccc(NC(=O)C(N=Nc2ccc(Cl)c(C)c2)C(C)=O)c1OC. The summed E-state index contributed by atoms with van der Waals surface area (Å²) in [5.41, 5.74) is 1.57. The molecule has 2 rings (SSSR count). The highest BCUT2D eigenvalue weighted by atomic mass is 35.5. The second-order valence-electron chi connectivity index (χ2n) is 5.81. The van der Waals surface area contributed by atoms with Crippen LogP contribution in [0.15, 0.2) is 40.6 Å². The molecule has 0 aliphatic rings. The van der Waals surface area contributed by atoms with E-state index in [1.54, 1.807) is 30.3 Å². The van der Waals surface area contributed by atoms with Crippen molar-refractivity contribution in [3.63, 3.8) is 0 Å². The normalized spacial score (nSPS) is 11.9. The van der Waals surface area contributed by atoms with Crippen LogP contribution < -0.4 is 14.8 Å². The van der Waals surface area contributed by atoms with Gasteiger partial charge in [-0.2, -0.15) is 10.2 Å². The number of methoxy groups -OCH3 is 2. The first-order valence-corrected chi connectivity index (χ1v) is 8.92. The van der Waals surface area contributed by atoms with E-state index in [0.717, 1.165) is 5.56 Å². The number of benzene rings is 2. The number of hydrogen-bond donors (Lipinski definition) is 1. The van der Waals surface area contributed by atoms with E-state index in [0.29, 0.717) is 15.7 Å². The predicted octanol–water partition coefficient (Wildman–Crippen LogP) is 5.00. The number of nitrogens with one attached hydrogen (secondary N) is 1. The van der Waals surface area contributed by atoms with Gasteiger partial charge in [-0.25, -0.2) is 0 Å². The molecule has 28 heavy (non-hydrogen) atoms. The van der Waals surface area contributed by atoms with Crippen LogP contribution in [0.4, 0.5) is 11.4 Å². The Kier molecular flexibility index (Phi) is 7.37. The summed E-state index contributed by atoms with van der Waals surface area (Å²) in [7, 11) is 2.84. The molecule has 9 heteroatoms. The summed E-state index contributed by atoms with van der Waals surface area (Å²) >= 11 is 12.0. The average Bonchev–Trinajstić information content (AvgIpc) is 2.65. The van der Waals surface area contributed by atoms with Crippen LogP contribution in [0.1, 0.15) is 12.5 Å². The Bertz CT molecular complexity index is 932. The molecule has 1 atom stereocenters. The van der Waals surface area contributed by atoms with E-state index >= 15 is 0 Å². The summed E-state index contributed by atoms with van der Waals surface area (Å²) in [6.07, 6.45) is 0. The third kappa shape index (κ3) is 4.99. The Morgan fingerprint density at radius 2 is 1.68 bits per heavy atom. The van der Waals surface area contributed by atoms with Gasteiger partial charge in [0.1, 0.15) is 0 Å². The number of amides is 1. The zero-order valence-corrected chi connectivity index (χ0v) is 17.3. The first kappa shape index (κ1) is 21.7. The molecule has 0 spiro atoms. The van der Waals surface area contributed by atoms with E-state index in [1.165, 1.54) is 21.1 Å². The topological polar surface area (TPSA) is 89.4 Å². The van der Waals surface area contributed by atoms with Crippen molar-refractivity contribution >= 4 is 46.3 Å². The number of carbonyl (C=O) groups excluding carboxylic acids is 2. The van der Waals surface area contributed by atoms with E-state index in [4.69, 9.17) is 32.7 Å². The van der Waals surface area contributed by atoms with Crippen molar-refractivity contribution in [2.24, 2.45) is 10.2 Å². The summed E-state index contributed by atoms with van der Waals surface area (Å²) in [6.45, 7) is 3.08. The minimum Gasteiger partial charge on any atom is -0.491 e. The van der Waals surface area contributed by atoms with Crippen molar-refractivity contribution in [2.75, 3.05) is 19.5 Å². The number of aryl methyl sites for hydroxylation is 1. The maximum absolute atomic E-state index is 12.6. The maximum Gasteiger partial charge on any atom is 0.258 e. The molecule has 0 aliphatic heterocycles. The summed E-state index contributed by atoms with van der Waals surface area (Å²) < 4.78 is 10.5. The number of azo groups is 1. The molecular formula is C19H19Cl2N3O4. The van der Waals surface area contributed by atoms with Crippen LogP contribution >= 0.6 is 23.2 Å². The second kappa shape index (κ2) is 9.52. The Hall–Kier alpha value is -2.64. The number of rotatable bonds is 7. The number of Topliss-reactive ketones (excluding diaryl/α,β-unsaturated/α-hetero) is 1. The lowest BCUT2D eigenvalue weighted by Crippen LogP contribution is -2.32. The van der Waals surface area contributed by atoms with Gasteiger partial charge in [0.25, 0.3) is 5.91 Å². The van der Waals surface area contributed by atoms with E-state index in [1.807, 2.05) is 6.92 Å². The quantitative estimate of drug-likeness (QED) is 0.501. The fourth-order valence-corrected chi connectivity index (χ4v) is 2.71. The third-order valence-electron chi connectivity index (χ3n) is 3.79. The third-order valence-corrected chi connectivity index (χ3v) is 4.52. The molecule has 1 N–H and O–H groups in total. The minimum absolute atomic E-state index is 0.232. The Labute approximate surface area is 172 Å². The van der Waals surface area contributed by atoms with Gasteiger partial charge in [-0.15, -0.1) is 0 Å². The van der Waals surface area contributed by atoms with Gasteiger partial charge in [0.2, 0.25) is 6.04 Å². The summed E-state index contributed by atoms with van der Waals surface area (Å²) in [4.78, 5) is 24.5. The Morgan fingerprint density at radius 1 is 1.04 bits per heavy atom. The van der Waals surface area contributed by atoms with Crippen LogP contribution in [0.5, 0.6) is 11.5 Å². The molecule has 7 nitrogen and oxygen atoms in total. The number of hydrogen-bond acceptors (Lipinski definition) is 6. The fourth-order valence-electron chi connectivity index (χ4n) is 2.36. The largest absolute Gasteiger partial charge is 0.491 e. The molecule has 2 aromatic carbocycles. The highest BCUT2D eigenvalue weighted by molar-refractivity contribution is 6.32. The number of ether oxygens (including phenoxy) is 2. The fraction of sp³-hybridized carbons (Fsp3) is 0.263. The highest BCUT2D eigenvalue weighted by Crippen LogP contribution is 2.40. The Morgan fingerprint density at radius 3 is 2.25 bits per heavy atom. The number of halogens is 2. The zero-order valence-electron chi connectivity index (χ0n) is 15.7. The van der Waals surface area contributed by atoms with Crippen molar-refractivity contribution in [3.05, 3.63) is 45.9 Å². The summed E-state index contributed by atoms with van der Waals surface area (Å²) in [5.74, 6) is -0.632. The average molecular weight is 424 g/mol. The van der Waals surface area contributed by atoms with Crippen molar-refractivity contribution in [1.82, 2.24) is 0 Å². The van der Waals surface area contributed by atoms with E-state index in [2.05, 4.69) is 15.5 Å². The molecule has 0 aliphatic carbocycles. The number of nitrogens with zero attached hydrogens (tertiary/aromatic N) is 2. The summed E-state index contributed by atoms with van der Waals surface area (Å²) in [5, 5.41) is 11.4. The van der Waals surface area contributed by atoms with E-state index < -0.39 is 17.7 Å². The molecule has 0 fully saturated rings.